The summed E-state index contributed by atoms with van der Waals surface area (Å²) in [6, 6.07) is 11.9. The van der Waals surface area contributed by atoms with Crippen LogP contribution in [0.5, 0.6) is 0 Å². The highest BCUT2D eigenvalue weighted by atomic mass is 35.5. The fraction of sp³-hybridized carbons (Fsp3) is 0.200. The lowest BCUT2D eigenvalue weighted by atomic mass is 10.1. The average Bonchev–Trinajstić information content (AvgIpc) is 3.16. The number of nitrogens with zero attached hydrogens (tertiary/aromatic N) is 2. The van der Waals surface area contributed by atoms with Gasteiger partial charge in [-0.1, -0.05) is 30.3 Å². The quantitative estimate of drug-likeness (QED) is 0.853. The van der Waals surface area contributed by atoms with Crippen molar-refractivity contribution in [1.82, 2.24) is 4.98 Å². The van der Waals surface area contributed by atoms with Crippen LogP contribution < -0.4 is 5.73 Å². The Bertz CT molecular complexity index is 603. The molecule has 1 aliphatic rings. The largest absolute Gasteiger partial charge is 0.327 e. The van der Waals surface area contributed by atoms with E-state index in [2.05, 4.69) is 15.9 Å². The summed E-state index contributed by atoms with van der Waals surface area (Å²) >= 11 is 0. The van der Waals surface area contributed by atoms with Crippen molar-refractivity contribution in [2.75, 3.05) is 0 Å². The fourth-order valence-electron chi connectivity index (χ4n) is 2.10. The van der Waals surface area contributed by atoms with Gasteiger partial charge in [-0.3, -0.25) is 4.98 Å². The third-order valence-corrected chi connectivity index (χ3v) is 3.35. The maximum atomic E-state index is 6.92. The molecule has 2 N–H and O–H groups in total. The Balaban J connectivity index is 0.000001000. The predicted octanol–water partition coefficient (Wildman–Crippen LogP) is 3.96. The molecule has 0 amide bonds. The Morgan fingerprint density at radius 1 is 1.10 bits per heavy atom. The van der Waals surface area contributed by atoms with Gasteiger partial charge in [-0.15, -0.1) is 24.8 Å². The van der Waals surface area contributed by atoms with Gasteiger partial charge in [-0.2, -0.15) is 0 Å². The molecule has 0 radical (unpaired) electrons. The predicted molar refractivity (Wildman–Crippen MR) is 85.8 cm³/mol. The Hall–Kier alpha value is -1.60. The van der Waals surface area contributed by atoms with E-state index >= 15 is 0 Å². The molecule has 0 aliphatic heterocycles. The summed E-state index contributed by atoms with van der Waals surface area (Å²) in [7, 11) is 0. The molecule has 1 saturated carbocycles. The van der Waals surface area contributed by atoms with Gasteiger partial charge in [0.25, 0.3) is 0 Å². The SMILES string of the molecule is Cl.Cl.[C-]#[N+]c1ccc(-c2ccc([C@H]3C[C@@H]3N)cn2)cc1. The lowest BCUT2D eigenvalue weighted by Gasteiger charge is -2.03. The maximum absolute atomic E-state index is 6.92. The molecule has 2 atom stereocenters. The van der Waals surface area contributed by atoms with E-state index in [-0.39, 0.29) is 24.8 Å². The van der Waals surface area contributed by atoms with Crippen molar-refractivity contribution >= 4 is 30.5 Å². The van der Waals surface area contributed by atoms with Crippen LogP contribution in [0.25, 0.3) is 16.1 Å². The van der Waals surface area contributed by atoms with Crippen molar-refractivity contribution in [1.29, 1.82) is 0 Å². The van der Waals surface area contributed by atoms with E-state index in [1.807, 2.05) is 36.5 Å². The molecule has 0 unspecified atom stereocenters. The first-order valence-electron chi connectivity index (χ1n) is 5.97. The van der Waals surface area contributed by atoms with Crippen LogP contribution in [0.4, 0.5) is 5.69 Å². The van der Waals surface area contributed by atoms with Gasteiger partial charge in [-0.05, 0) is 23.6 Å². The first-order valence-corrected chi connectivity index (χ1v) is 5.97. The zero-order chi connectivity index (χ0) is 12.5. The minimum Gasteiger partial charge on any atom is -0.327 e. The van der Waals surface area contributed by atoms with Crippen LogP contribution in [-0.4, -0.2) is 11.0 Å². The molecule has 1 heterocycles. The van der Waals surface area contributed by atoms with Gasteiger partial charge in [0.1, 0.15) is 0 Å². The number of nitrogens with two attached hydrogens (primary N) is 1. The van der Waals surface area contributed by atoms with Crippen molar-refractivity contribution in [3.63, 3.8) is 0 Å². The lowest BCUT2D eigenvalue weighted by molar-refractivity contribution is 0.981. The summed E-state index contributed by atoms with van der Waals surface area (Å²) in [5.74, 6) is 0.496. The van der Waals surface area contributed by atoms with Crippen LogP contribution in [0.15, 0.2) is 42.6 Å². The van der Waals surface area contributed by atoms with Crippen molar-refractivity contribution < 1.29 is 0 Å². The molecule has 2 aromatic rings. The molecule has 104 valence electrons. The molecule has 1 aromatic heterocycles. The highest BCUT2D eigenvalue weighted by Crippen LogP contribution is 2.38. The third-order valence-electron chi connectivity index (χ3n) is 3.35. The minimum absolute atomic E-state index is 0. The normalized spacial score (nSPS) is 19.2. The van der Waals surface area contributed by atoms with Gasteiger partial charge in [-0.25, -0.2) is 4.85 Å². The molecule has 5 heteroatoms. The summed E-state index contributed by atoms with van der Waals surface area (Å²) < 4.78 is 0. The van der Waals surface area contributed by atoms with Crippen molar-refractivity contribution in [2.24, 2.45) is 5.73 Å². The topological polar surface area (TPSA) is 43.3 Å². The second-order valence-corrected chi connectivity index (χ2v) is 4.64. The second kappa shape index (κ2) is 6.71. The number of pyridine rings is 1. The van der Waals surface area contributed by atoms with Gasteiger partial charge in [0.15, 0.2) is 5.69 Å². The molecule has 1 fully saturated rings. The van der Waals surface area contributed by atoms with Gasteiger partial charge in [0.05, 0.1) is 12.3 Å². The molecular formula is C15H15Cl2N3. The van der Waals surface area contributed by atoms with Gasteiger partial charge in [0.2, 0.25) is 0 Å². The standard InChI is InChI=1S/C15H13N3.2ClH/c1-17-12-5-2-10(3-6-12)15-7-4-11(9-18-15)13-8-14(13)16;;/h2-7,9,13-14H,8,16H2;2*1H/t13-,14+;;/m1../s1. The van der Waals surface area contributed by atoms with Crippen molar-refractivity contribution in [3.05, 3.63) is 59.6 Å². The van der Waals surface area contributed by atoms with E-state index in [4.69, 9.17) is 12.3 Å². The smallest absolute Gasteiger partial charge is 0.187 e. The maximum Gasteiger partial charge on any atom is 0.187 e. The highest BCUT2D eigenvalue weighted by molar-refractivity contribution is 5.85. The number of hydrogen-bond donors (Lipinski definition) is 1. The van der Waals surface area contributed by atoms with Crippen LogP contribution in [0, 0.1) is 6.57 Å². The summed E-state index contributed by atoms with van der Waals surface area (Å²) in [4.78, 5) is 7.84. The van der Waals surface area contributed by atoms with Crippen molar-refractivity contribution in [3.8, 4) is 11.3 Å². The van der Waals surface area contributed by atoms with Crippen LogP contribution in [0.2, 0.25) is 0 Å². The summed E-state index contributed by atoms with van der Waals surface area (Å²) in [6.45, 7) is 6.92. The molecule has 3 rings (SSSR count). The monoisotopic (exact) mass is 307 g/mol. The molecule has 0 spiro atoms. The van der Waals surface area contributed by atoms with E-state index in [1.165, 1.54) is 5.56 Å². The third kappa shape index (κ3) is 3.29. The molecule has 1 aliphatic carbocycles. The van der Waals surface area contributed by atoms with Crippen LogP contribution >= 0.6 is 24.8 Å². The number of halogens is 2. The molecule has 3 nitrogen and oxygen atoms in total. The van der Waals surface area contributed by atoms with Crippen LogP contribution in [-0.2, 0) is 0 Å². The van der Waals surface area contributed by atoms with Crippen LogP contribution in [0.1, 0.15) is 17.9 Å². The molecule has 1 aromatic carbocycles. The minimum atomic E-state index is 0. The average molecular weight is 308 g/mol. The molecule has 20 heavy (non-hydrogen) atoms. The van der Waals surface area contributed by atoms with Crippen LogP contribution in [0.3, 0.4) is 0 Å². The zero-order valence-electron chi connectivity index (χ0n) is 10.7. The Labute approximate surface area is 130 Å². The van der Waals surface area contributed by atoms with E-state index < -0.39 is 0 Å². The molecular weight excluding hydrogens is 293 g/mol. The Morgan fingerprint density at radius 2 is 1.75 bits per heavy atom. The Morgan fingerprint density at radius 3 is 2.20 bits per heavy atom. The number of rotatable bonds is 2. The van der Waals surface area contributed by atoms with Crippen molar-refractivity contribution in [2.45, 2.75) is 18.4 Å². The number of aromatic nitrogens is 1. The van der Waals surface area contributed by atoms with E-state index in [0.29, 0.717) is 17.6 Å². The van der Waals surface area contributed by atoms with Gasteiger partial charge >= 0.3 is 0 Å². The zero-order valence-corrected chi connectivity index (χ0v) is 12.3. The Kier molecular flexibility index (Phi) is 5.52. The van der Waals surface area contributed by atoms with E-state index in [1.54, 1.807) is 0 Å². The lowest BCUT2D eigenvalue weighted by Crippen LogP contribution is -2.01. The first kappa shape index (κ1) is 16.5. The molecule has 0 bridgehead atoms. The summed E-state index contributed by atoms with van der Waals surface area (Å²) in [5, 5.41) is 0. The fourth-order valence-corrected chi connectivity index (χ4v) is 2.10. The second-order valence-electron chi connectivity index (χ2n) is 4.64. The van der Waals surface area contributed by atoms with E-state index in [0.717, 1.165) is 17.7 Å². The summed E-state index contributed by atoms with van der Waals surface area (Å²) in [5.41, 5.74) is 9.67. The van der Waals surface area contributed by atoms with Gasteiger partial charge in [0, 0.05) is 18.2 Å². The van der Waals surface area contributed by atoms with Gasteiger partial charge < -0.3 is 5.73 Å². The summed E-state index contributed by atoms with van der Waals surface area (Å²) in [6.07, 6.45) is 2.98. The molecule has 0 saturated heterocycles. The first-order chi connectivity index (χ1) is 8.78. The van der Waals surface area contributed by atoms with E-state index in [9.17, 15) is 0 Å². The number of benzene rings is 1. The number of hydrogen-bond acceptors (Lipinski definition) is 2. The highest BCUT2D eigenvalue weighted by Gasteiger charge is 2.34.